The maximum atomic E-state index is 12.6. The van der Waals surface area contributed by atoms with Gasteiger partial charge in [-0.05, 0) is 36.4 Å². The zero-order chi connectivity index (χ0) is 21.6. The fourth-order valence-corrected chi connectivity index (χ4v) is 4.27. The first-order chi connectivity index (χ1) is 14.4. The molecule has 160 valence electrons. The molecule has 0 saturated carbocycles. The number of nitrogens with one attached hydrogen (secondary N) is 2. The highest BCUT2D eigenvalue weighted by molar-refractivity contribution is 7.89. The van der Waals surface area contributed by atoms with E-state index in [4.69, 9.17) is 9.47 Å². The molecule has 0 unspecified atom stereocenters. The number of benzene rings is 2. The Morgan fingerprint density at radius 3 is 2.60 bits per heavy atom. The highest BCUT2D eigenvalue weighted by Crippen LogP contribution is 2.19. The average molecular weight is 433 g/mol. The predicted octanol–water partition coefficient (Wildman–Crippen LogP) is 0.625. The number of nitrogens with zero attached hydrogens (tertiary/aromatic N) is 1. The SMILES string of the molecule is COc1cccc(OCCNC(=O)c2ccc(S(=O)(=O)N3CCNC(=O)C3)cc2)c1. The molecule has 0 radical (unpaired) electrons. The van der Waals surface area contributed by atoms with Gasteiger partial charge in [0.05, 0.1) is 25.1 Å². The summed E-state index contributed by atoms with van der Waals surface area (Å²) < 4.78 is 37.1. The minimum atomic E-state index is -3.78. The van der Waals surface area contributed by atoms with Crippen LogP contribution in [0, 0.1) is 0 Å². The van der Waals surface area contributed by atoms with Gasteiger partial charge < -0.3 is 20.1 Å². The summed E-state index contributed by atoms with van der Waals surface area (Å²) in [7, 11) is -2.22. The van der Waals surface area contributed by atoms with E-state index in [1.54, 1.807) is 31.4 Å². The van der Waals surface area contributed by atoms with Crippen molar-refractivity contribution in [2.24, 2.45) is 0 Å². The summed E-state index contributed by atoms with van der Waals surface area (Å²) in [5.74, 6) is 0.629. The fourth-order valence-electron chi connectivity index (χ4n) is 2.87. The van der Waals surface area contributed by atoms with E-state index in [9.17, 15) is 18.0 Å². The number of carbonyl (C=O) groups excluding carboxylic acids is 2. The number of hydrogen-bond acceptors (Lipinski definition) is 6. The van der Waals surface area contributed by atoms with Crippen LogP contribution in [0.2, 0.25) is 0 Å². The zero-order valence-electron chi connectivity index (χ0n) is 16.5. The molecule has 0 bridgehead atoms. The van der Waals surface area contributed by atoms with Crippen LogP contribution in [0.3, 0.4) is 0 Å². The molecule has 2 aromatic rings. The maximum Gasteiger partial charge on any atom is 0.251 e. The Morgan fingerprint density at radius 1 is 1.17 bits per heavy atom. The number of rotatable bonds is 8. The van der Waals surface area contributed by atoms with Crippen molar-refractivity contribution < 1.29 is 27.5 Å². The third kappa shape index (κ3) is 5.28. The Morgan fingerprint density at radius 2 is 1.90 bits per heavy atom. The third-order valence-electron chi connectivity index (χ3n) is 4.46. The maximum absolute atomic E-state index is 12.6. The van der Waals surface area contributed by atoms with E-state index in [0.717, 1.165) is 4.31 Å². The van der Waals surface area contributed by atoms with Gasteiger partial charge in [0.2, 0.25) is 15.9 Å². The van der Waals surface area contributed by atoms with Crippen LogP contribution in [-0.4, -0.2) is 64.4 Å². The smallest absolute Gasteiger partial charge is 0.251 e. The van der Waals surface area contributed by atoms with Crippen molar-refractivity contribution in [2.75, 3.05) is 39.9 Å². The van der Waals surface area contributed by atoms with Gasteiger partial charge in [-0.25, -0.2) is 8.42 Å². The van der Waals surface area contributed by atoms with Crippen molar-refractivity contribution in [3.05, 3.63) is 54.1 Å². The normalized spacial score (nSPS) is 14.6. The highest BCUT2D eigenvalue weighted by atomic mass is 32.2. The van der Waals surface area contributed by atoms with Crippen molar-refractivity contribution in [2.45, 2.75) is 4.90 Å². The molecule has 1 saturated heterocycles. The van der Waals surface area contributed by atoms with Gasteiger partial charge in [-0.3, -0.25) is 9.59 Å². The van der Waals surface area contributed by atoms with Gasteiger partial charge in [-0.1, -0.05) is 6.07 Å². The molecular weight excluding hydrogens is 410 g/mol. The summed E-state index contributed by atoms with van der Waals surface area (Å²) in [4.78, 5) is 23.8. The molecule has 0 spiro atoms. The van der Waals surface area contributed by atoms with E-state index in [0.29, 0.717) is 17.1 Å². The Kier molecular flexibility index (Phi) is 6.91. The van der Waals surface area contributed by atoms with Crippen LogP contribution < -0.4 is 20.1 Å². The van der Waals surface area contributed by atoms with Crippen LogP contribution >= 0.6 is 0 Å². The minimum Gasteiger partial charge on any atom is -0.497 e. The van der Waals surface area contributed by atoms with Gasteiger partial charge in [0.15, 0.2) is 0 Å². The van der Waals surface area contributed by atoms with Crippen LogP contribution in [0.15, 0.2) is 53.4 Å². The number of sulfonamides is 1. The molecule has 1 aliphatic heterocycles. The molecule has 0 aliphatic carbocycles. The number of amides is 2. The fraction of sp³-hybridized carbons (Fsp3) is 0.300. The lowest BCUT2D eigenvalue weighted by molar-refractivity contribution is -0.122. The lowest BCUT2D eigenvalue weighted by Gasteiger charge is -2.25. The largest absolute Gasteiger partial charge is 0.497 e. The molecule has 30 heavy (non-hydrogen) atoms. The molecule has 1 aliphatic rings. The van der Waals surface area contributed by atoms with Crippen molar-refractivity contribution in [1.82, 2.24) is 14.9 Å². The van der Waals surface area contributed by atoms with Gasteiger partial charge in [-0.2, -0.15) is 4.31 Å². The standard InChI is InChI=1S/C20H23N3O6S/c1-28-16-3-2-4-17(13-16)29-12-10-22-20(25)15-5-7-18(8-6-15)30(26,27)23-11-9-21-19(24)14-23/h2-8,13H,9-12,14H2,1H3,(H,21,24)(H,22,25). The van der Waals surface area contributed by atoms with E-state index in [2.05, 4.69) is 10.6 Å². The molecule has 0 aromatic heterocycles. The number of piperazine rings is 1. The molecule has 1 fully saturated rings. The summed E-state index contributed by atoms with van der Waals surface area (Å²) >= 11 is 0. The van der Waals surface area contributed by atoms with Gasteiger partial charge >= 0.3 is 0 Å². The molecule has 10 heteroatoms. The van der Waals surface area contributed by atoms with E-state index in [1.165, 1.54) is 24.3 Å². The third-order valence-corrected chi connectivity index (χ3v) is 6.31. The Hall–Kier alpha value is -3.11. The highest BCUT2D eigenvalue weighted by Gasteiger charge is 2.29. The quantitative estimate of drug-likeness (QED) is 0.590. The second kappa shape index (κ2) is 9.59. The Balaban J connectivity index is 1.52. The van der Waals surface area contributed by atoms with Crippen LogP contribution in [0.1, 0.15) is 10.4 Å². The molecule has 0 atom stereocenters. The van der Waals surface area contributed by atoms with Crippen LogP contribution in [0.4, 0.5) is 0 Å². The first kappa shape index (κ1) is 21.6. The molecular formula is C20H23N3O6S. The second-order valence-corrected chi connectivity index (χ2v) is 8.43. The van der Waals surface area contributed by atoms with Crippen LogP contribution in [-0.2, 0) is 14.8 Å². The van der Waals surface area contributed by atoms with Gasteiger partial charge in [0.1, 0.15) is 18.1 Å². The molecule has 9 nitrogen and oxygen atoms in total. The van der Waals surface area contributed by atoms with Crippen molar-refractivity contribution in [3.8, 4) is 11.5 Å². The predicted molar refractivity (Wildman–Crippen MR) is 109 cm³/mol. The summed E-state index contributed by atoms with van der Waals surface area (Å²) in [5, 5.41) is 5.30. The summed E-state index contributed by atoms with van der Waals surface area (Å²) in [5.41, 5.74) is 0.326. The minimum absolute atomic E-state index is 0.0371. The Bertz CT molecular complexity index is 1010. The number of ether oxygens (including phenoxy) is 2. The first-order valence-electron chi connectivity index (χ1n) is 9.32. The van der Waals surface area contributed by atoms with E-state index in [1.807, 2.05) is 0 Å². The monoisotopic (exact) mass is 433 g/mol. The topological polar surface area (TPSA) is 114 Å². The first-order valence-corrected chi connectivity index (χ1v) is 10.8. The summed E-state index contributed by atoms with van der Waals surface area (Å²) in [6, 6.07) is 12.7. The molecule has 3 rings (SSSR count). The zero-order valence-corrected chi connectivity index (χ0v) is 17.3. The van der Waals surface area contributed by atoms with E-state index >= 15 is 0 Å². The lowest BCUT2D eigenvalue weighted by atomic mass is 10.2. The number of hydrogen-bond donors (Lipinski definition) is 2. The summed E-state index contributed by atoms with van der Waals surface area (Å²) in [6.45, 7) is 0.819. The average Bonchev–Trinajstić information content (AvgIpc) is 2.77. The molecule has 1 heterocycles. The number of carbonyl (C=O) groups is 2. The van der Waals surface area contributed by atoms with Gasteiger partial charge in [0.25, 0.3) is 5.91 Å². The van der Waals surface area contributed by atoms with Crippen molar-refractivity contribution in [3.63, 3.8) is 0 Å². The van der Waals surface area contributed by atoms with Gasteiger partial charge in [-0.15, -0.1) is 0 Å². The van der Waals surface area contributed by atoms with Gasteiger partial charge in [0, 0.05) is 24.7 Å². The molecule has 2 amide bonds. The van der Waals surface area contributed by atoms with Crippen molar-refractivity contribution in [1.29, 1.82) is 0 Å². The van der Waals surface area contributed by atoms with E-state index < -0.39 is 10.0 Å². The number of methoxy groups -OCH3 is 1. The van der Waals surface area contributed by atoms with Crippen molar-refractivity contribution >= 4 is 21.8 Å². The van der Waals surface area contributed by atoms with E-state index in [-0.39, 0.29) is 49.5 Å². The van der Waals surface area contributed by atoms with Crippen LogP contribution in [0.25, 0.3) is 0 Å². The molecule has 2 N–H and O–H groups in total. The Labute approximate surface area is 175 Å². The molecule has 2 aromatic carbocycles. The second-order valence-electron chi connectivity index (χ2n) is 6.50. The van der Waals surface area contributed by atoms with Crippen LogP contribution in [0.5, 0.6) is 11.5 Å². The summed E-state index contributed by atoms with van der Waals surface area (Å²) in [6.07, 6.45) is 0. The lowest BCUT2D eigenvalue weighted by Crippen LogP contribution is -2.49.